The first-order valence-corrected chi connectivity index (χ1v) is 10.5. The van der Waals surface area contributed by atoms with Crippen molar-refractivity contribution in [3.63, 3.8) is 0 Å². The summed E-state index contributed by atoms with van der Waals surface area (Å²) in [7, 11) is 0. The number of benzene rings is 2. The second-order valence-electron chi connectivity index (χ2n) is 8.55. The minimum Gasteiger partial charge on any atom is -0.342 e. The Hall–Kier alpha value is -2.69. The average molecular weight is 392 g/mol. The molecule has 2 amide bonds. The Bertz CT molecular complexity index is 942. The smallest absolute Gasteiger partial charge is 0.223 e. The van der Waals surface area contributed by atoms with Gasteiger partial charge in [0.05, 0.1) is 6.04 Å². The number of rotatable bonds is 3. The van der Waals surface area contributed by atoms with Crippen LogP contribution in [0.1, 0.15) is 42.0 Å². The fourth-order valence-electron chi connectivity index (χ4n) is 5.34. The van der Waals surface area contributed by atoms with E-state index < -0.39 is 0 Å². The van der Waals surface area contributed by atoms with Gasteiger partial charge in [-0.2, -0.15) is 0 Å². The lowest BCUT2D eigenvalue weighted by atomic mass is 9.76. The van der Waals surface area contributed by atoms with Crippen LogP contribution in [0, 0.1) is 17.7 Å². The Kier molecular flexibility index (Phi) is 4.61. The van der Waals surface area contributed by atoms with Gasteiger partial charge in [-0.1, -0.05) is 36.4 Å². The van der Waals surface area contributed by atoms with Crippen LogP contribution in [0.3, 0.4) is 0 Å². The number of halogens is 1. The van der Waals surface area contributed by atoms with Crippen molar-refractivity contribution < 1.29 is 14.0 Å². The summed E-state index contributed by atoms with van der Waals surface area (Å²) in [5.74, 6) is 0.687. The summed E-state index contributed by atoms with van der Waals surface area (Å²) in [4.78, 5) is 29.3. The van der Waals surface area contributed by atoms with E-state index in [9.17, 15) is 14.0 Å². The van der Waals surface area contributed by atoms with E-state index in [1.165, 1.54) is 17.7 Å². The van der Waals surface area contributed by atoms with Gasteiger partial charge in [0.1, 0.15) is 5.82 Å². The van der Waals surface area contributed by atoms with E-state index in [2.05, 4.69) is 12.1 Å². The van der Waals surface area contributed by atoms with Crippen LogP contribution in [-0.4, -0.2) is 41.2 Å². The molecule has 1 unspecified atom stereocenters. The molecule has 3 atom stereocenters. The summed E-state index contributed by atoms with van der Waals surface area (Å²) in [6.07, 6.45) is 2.91. The number of fused-ring (bicyclic) bond motifs is 4. The van der Waals surface area contributed by atoms with Gasteiger partial charge in [0.15, 0.2) is 0 Å². The van der Waals surface area contributed by atoms with Crippen LogP contribution >= 0.6 is 0 Å². The molecule has 150 valence electrons. The highest BCUT2D eigenvalue weighted by Crippen LogP contribution is 2.39. The molecular weight excluding hydrogens is 367 g/mol. The first-order chi connectivity index (χ1) is 14.1. The van der Waals surface area contributed by atoms with Gasteiger partial charge in [0.2, 0.25) is 11.8 Å². The van der Waals surface area contributed by atoms with Gasteiger partial charge in [-0.15, -0.1) is 0 Å². The fourth-order valence-corrected chi connectivity index (χ4v) is 5.34. The van der Waals surface area contributed by atoms with Crippen molar-refractivity contribution in [2.75, 3.05) is 19.6 Å². The molecule has 3 saturated heterocycles. The van der Waals surface area contributed by atoms with E-state index in [-0.39, 0.29) is 29.6 Å². The molecule has 2 aromatic carbocycles. The van der Waals surface area contributed by atoms with Crippen molar-refractivity contribution in [1.82, 2.24) is 9.80 Å². The highest BCUT2D eigenvalue weighted by molar-refractivity contribution is 5.80. The number of amides is 2. The van der Waals surface area contributed by atoms with E-state index in [1.54, 1.807) is 12.1 Å². The zero-order valence-corrected chi connectivity index (χ0v) is 16.4. The van der Waals surface area contributed by atoms with Crippen molar-refractivity contribution in [3.8, 4) is 0 Å². The molecule has 2 aromatic rings. The van der Waals surface area contributed by atoms with Gasteiger partial charge in [0, 0.05) is 32.5 Å². The van der Waals surface area contributed by atoms with Crippen molar-refractivity contribution in [1.29, 1.82) is 0 Å². The van der Waals surface area contributed by atoms with Gasteiger partial charge < -0.3 is 9.80 Å². The van der Waals surface area contributed by atoms with Gasteiger partial charge in [-0.3, -0.25) is 9.59 Å². The van der Waals surface area contributed by atoms with Crippen molar-refractivity contribution >= 4 is 11.8 Å². The highest BCUT2D eigenvalue weighted by atomic mass is 19.1. The standard InChI is InChI=1S/C24H25FN2O2/c25-20-7-5-17(6-8-20)24-21-4-2-1-3-16(21)10-12-27(24)23(29)14-19-15-26-11-9-18(19)13-22(26)28/h1-8,18-19,24H,9-15H2/t18?,19-,24+/m1/s1. The molecule has 0 aliphatic carbocycles. The van der Waals surface area contributed by atoms with Crippen LogP contribution in [0.4, 0.5) is 4.39 Å². The lowest BCUT2D eigenvalue weighted by Gasteiger charge is -2.45. The predicted octanol–water partition coefficient (Wildman–Crippen LogP) is 3.56. The van der Waals surface area contributed by atoms with Gasteiger partial charge in [0.25, 0.3) is 0 Å². The lowest BCUT2D eigenvalue weighted by Crippen LogP contribution is -2.52. The van der Waals surface area contributed by atoms with E-state index in [4.69, 9.17) is 0 Å². The Morgan fingerprint density at radius 1 is 1.07 bits per heavy atom. The Balaban J connectivity index is 1.43. The second-order valence-corrected chi connectivity index (χ2v) is 8.55. The summed E-state index contributed by atoms with van der Waals surface area (Å²) >= 11 is 0. The zero-order chi connectivity index (χ0) is 20.0. The molecule has 0 saturated carbocycles. The minimum atomic E-state index is -0.271. The SMILES string of the molecule is O=C1CC2CCN1C[C@H]2CC(=O)N1CCc2ccccc2[C@@H]1c1ccc(F)cc1. The van der Waals surface area contributed by atoms with Gasteiger partial charge >= 0.3 is 0 Å². The monoisotopic (exact) mass is 392 g/mol. The first-order valence-electron chi connectivity index (χ1n) is 10.5. The van der Waals surface area contributed by atoms with Crippen LogP contribution in [0.25, 0.3) is 0 Å². The van der Waals surface area contributed by atoms with E-state index in [0.29, 0.717) is 31.8 Å². The van der Waals surface area contributed by atoms with Gasteiger partial charge in [-0.05, 0) is 53.5 Å². The number of hydrogen-bond acceptors (Lipinski definition) is 2. The molecule has 0 N–H and O–H groups in total. The largest absolute Gasteiger partial charge is 0.342 e. The molecule has 4 nitrogen and oxygen atoms in total. The molecule has 4 heterocycles. The number of hydrogen-bond donors (Lipinski definition) is 0. The molecule has 0 radical (unpaired) electrons. The highest BCUT2D eigenvalue weighted by Gasteiger charge is 2.41. The fraction of sp³-hybridized carbons (Fsp3) is 0.417. The van der Waals surface area contributed by atoms with E-state index in [1.807, 2.05) is 21.9 Å². The number of piperidine rings is 3. The third-order valence-corrected chi connectivity index (χ3v) is 6.91. The molecule has 0 aromatic heterocycles. The molecule has 3 fully saturated rings. The van der Waals surface area contributed by atoms with Crippen molar-refractivity contribution in [2.45, 2.75) is 31.7 Å². The van der Waals surface area contributed by atoms with Gasteiger partial charge in [-0.25, -0.2) is 4.39 Å². The molecule has 4 aliphatic rings. The topological polar surface area (TPSA) is 40.6 Å². The number of carbonyl (C=O) groups excluding carboxylic acids is 2. The summed E-state index contributed by atoms with van der Waals surface area (Å²) in [6, 6.07) is 14.6. The molecule has 0 spiro atoms. The molecule has 2 bridgehead atoms. The van der Waals surface area contributed by atoms with Crippen LogP contribution in [0.15, 0.2) is 48.5 Å². The summed E-state index contributed by atoms with van der Waals surface area (Å²) in [6.45, 7) is 2.21. The maximum absolute atomic E-state index is 13.5. The van der Waals surface area contributed by atoms with Crippen LogP contribution in [0.2, 0.25) is 0 Å². The summed E-state index contributed by atoms with van der Waals surface area (Å²) in [5.41, 5.74) is 3.32. The lowest BCUT2D eigenvalue weighted by molar-refractivity contribution is -0.146. The van der Waals surface area contributed by atoms with E-state index >= 15 is 0 Å². The Morgan fingerprint density at radius 3 is 2.59 bits per heavy atom. The normalized spacial score (nSPS) is 25.8. The Morgan fingerprint density at radius 2 is 1.86 bits per heavy atom. The molecule has 29 heavy (non-hydrogen) atoms. The predicted molar refractivity (Wildman–Crippen MR) is 108 cm³/mol. The second kappa shape index (κ2) is 7.29. The van der Waals surface area contributed by atoms with E-state index in [0.717, 1.165) is 30.5 Å². The molecule has 5 heteroatoms. The maximum Gasteiger partial charge on any atom is 0.223 e. The molecule has 6 rings (SSSR count). The average Bonchev–Trinajstić information content (AvgIpc) is 2.74. The summed E-state index contributed by atoms with van der Waals surface area (Å²) < 4.78 is 13.5. The van der Waals surface area contributed by atoms with Crippen LogP contribution < -0.4 is 0 Å². The number of carbonyl (C=O) groups is 2. The quantitative estimate of drug-likeness (QED) is 0.801. The maximum atomic E-state index is 13.5. The first kappa shape index (κ1) is 18.3. The third kappa shape index (κ3) is 3.33. The minimum absolute atomic E-state index is 0.139. The van der Waals surface area contributed by atoms with Crippen molar-refractivity contribution in [2.24, 2.45) is 11.8 Å². The van der Waals surface area contributed by atoms with Crippen LogP contribution in [-0.2, 0) is 16.0 Å². The molecular formula is C24H25FN2O2. The Labute approximate surface area is 170 Å². The summed E-state index contributed by atoms with van der Waals surface area (Å²) in [5, 5.41) is 0. The van der Waals surface area contributed by atoms with Crippen LogP contribution in [0.5, 0.6) is 0 Å². The van der Waals surface area contributed by atoms with Crippen molar-refractivity contribution in [3.05, 3.63) is 71.0 Å². The number of nitrogens with zero attached hydrogens (tertiary/aromatic N) is 2. The zero-order valence-electron chi connectivity index (χ0n) is 16.4. The molecule has 4 aliphatic heterocycles. The third-order valence-electron chi connectivity index (χ3n) is 6.91.